The van der Waals surface area contributed by atoms with Crippen LogP contribution >= 0.6 is 0 Å². The normalized spacial score (nSPS) is 10.9. The van der Waals surface area contributed by atoms with Gasteiger partial charge in [0.05, 0.1) is 11.1 Å². The minimum absolute atomic E-state index is 0.258. The molecule has 2 aromatic rings. The molecule has 0 unspecified atom stereocenters. The van der Waals surface area contributed by atoms with E-state index in [1.54, 1.807) is 11.6 Å². The molecular formula is C10H11N3O3. The first kappa shape index (κ1) is 10.4. The summed E-state index contributed by atoms with van der Waals surface area (Å²) in [6, 6.07) is 0. The molecule has 6 nitrogen and oxygen atoms in total. The second kappa shape index (κ2) is 3.48. The van der Waals surface area contributed by atoms with E-state index in [4.69, 9.17) is 5.11 Å². The van der Waals surface area contributed by atoms with Crippen LogP contribution in [0.15, 0.2) is 11.0 Å². The van der Waals surface area contributed by atoms with Crippen LogP contribution in [-0.4, -0.2) is 25.8 Å². The molecule has 2 rings (SSSR count). The van der Waals surface area contributed by atoms with Crippen molar-refractivity contribution in [3.8, 4) is 0 Å². The number of nitrogens with zero attached hydrogens (tertiary/aromatic N) is 2. The van der Waals surface area contributed by atoms with Crippen LogP contribution in [0.25, 0.3) is 11.0 Å². The van der Waals surface area contributed by atoms with E-state index in [2.05, 4.69) is 10.1 Å². The Bertz CT molecular complexity index is 624. The van der Waals surface area contributed by atoms with E-state index in [-0.39, 0.29) is 5.56 Å². The van der Waals surface area contributed by atoms with Crippen LogP contribution in [0.4, 0.5) is 0 Å². The number of hydrogen-bond acceptors (Lipinski definition) is 3. The number of aryl methyl sites for hydroxylation is 2. The largest absolute Gasteiger partial charge is 0.477 e. The summed E-state index contributed by atoms with van der Waals surface area (Å²) in [5, 5.41) is 13.3. The summed E-state index contributed by atoms with van der Waals surface area (Å²) in [6.07, 6.45) is 1.21. The molecule has 2 aromatic heterocycles. The van der Waals surface area contributed by atoms with Gasteiger partial charge in [0.2, 0.25) is 5.43 Å². The Morgan fingerprint density at radius 3 is 2.88 bits per heavy atom. The highest BCUT2D eigenvalue weighted by atomic mass is 16.4. The van der Waals surface area contributed by atoms with Crippen molar-refractivity contribution in [3.05, 3.63) is 27.7 Å². The fourth-order valence-electron chi connectivity index (χ4n) is 1.73. The molecule has 2 N–H and O–H groups in total. The van der Waals surface area contributed by atoms with E-state index in [9.17, 15) is 9.59 Å². The molecule has 0 radical (unpaired) electrons. The quantitative estimate of drug-likeness (QED) is 0.783. The minimum atomic E-state index is -1.23. The maximum Gasteiger partial charge on any atom is 0.341 e. The molecule has 0 saturated heterocycles. The van der Waals surface area contributed by atoms with Gasteiger partial charge in [-0.1, -0.05) is 0 Å². The van der Waals surface area contributed by atoms with E-state index >= 15 is 0 Å². The van der Waals surface area contributed by atoms with E-state index in [1.807, 2.05) is 6.92 Å². The van der Waals surface area contributed by atoms with Crippen molar-refractivity contribution in [3.63, 3.8) is 0 Å². The predicted molar refractivity (Wildman–Crippen MR) is 57.7 cm³/mol. The van der Waals surface area contributed by atoms with Gasteiger partial charge in [-0.2, -0.15) is 5.10 Å². The van der Waals surface area contributed by atoms with Gasteiger partial charge in [-0.05, 0) is 13.8 Å². The van der Waals surface area contributed by atoms with E-state index in [0.717, 1.165) is 0 Å². The second-order valence-corrected chi connectivity index (χ2v) is 3.46. The number of rotatable bonds is 2. The molecule has 0 fully saturated rings. The summed E-state index contributed by atoms with van der Waals surface area (Å²) in [5.41, 5.74) is 0.362. The summed E-state index contributed by atoms with van der Waals surface area (Å²) in [7, 11) is 0. The number of nitrogens with one attached hydrogen (secondary N) is 1. The molecule has 0 aromatic carbocycles. The maximum absolute atomic E-state index is 11.9. The van der Waals surface area contributed by atoms with Crippen molar-refractivity contribution in [1.82, 2.24) is 14.8 Å². The summed E-state index contributed by atoms with van der Waals surface area (Å²) < 4.78 is 1.64. The molecule has 0 bridgehead atoms. The summed E-state index contributed by atoms with van der Waals surface area (Å²) >= 11 is 0. The Labute approximate surface area is 90.5 Å². The molecule has 2 heterocycles. The SMILES string of the molecule is CCn1nc(C)c2c(=O)c(C(=O)O)c[nH]c21. The fraction of sp³-hybridized carbons (Fsp3) is 0.300. The predicted octanol–water partition coefficient (Wildman–Crippen LogP) is 0.751. The van der Waals surface area contributed by atoms with Gasteiger partial charge in [0.1, 0.15) is 11.2 Å². The van der Waals surface area contributed by atoms with Gasteiger partial charge in [0, 0.05) is 12.7 Å². The summed E-state index contributed by atoms with van der Waals surface area (Å²) in [5.74, 6) is -1.23. The van der Waals surface area contributed by atoms with Gasteiger partial charge in [-0.25, -0.2) is 9.48 Å². The number of carbonyl (C=O) groups is 1. The van der Waals surface area contributed by atoms with Crippen molar-refractivity contribution < 1.29 is 9.90 Å². The number of carboxylic acids is 1. The van der Waals surface area contributed by atoms with Gasteiger partial charge >= 0.3 is 5.97 Å². The number of pyridine rings is 1. The zero-order chi connectivity index (χ0) is 11.9. The first-order valence-electron chi connectivity index (χ1n) is 4.88. The highest BCUT2D eigenvalue weighted by Gasteiger charge is 2.16. The number of aromatic amines is 1. The van der Waals surface area contributed by atoms with Crippen molar-refractivity contribution >= 4 is 17.0 Å². The van der Waals surface area contributed by atoms with Gasteiger partial charge in [0.25, 0.3) is 0 Å². The Kier molecular flexibility index (Phi) is 2.26. The molecular weight excluding hydrogens is 210 g/mol. The Morgan fingerprint density at radius 1 is 1.62 bits per heavy atom. The van der Waals surface area contributed by atoms with E-state index in [0.29, 0.717) is 23.3 Å². The molecule has 0 aliphatic heterocycles. The topological polar surface area (TPSA) is 88.0 Å². The third-order valence-electron chi connectivity index (χ3n) is 2.48. The lowest BCUT2D eigenvalue weighted by atomic mass is 10.2. The number of aromatic nitrogens is 3. The molecule has 16 heavy (non-hydrogen) atoms. The molecule has 0 saturated carbocycles. The van der Waals surface area contributed by atoms with Crippen LogP contribution in [0.3, 0.4) is 0 Å². The average molecular weight is 221 g/mol. The zero-order valence-corrected chi connectivity index (χ0v) is 8.94. The van der Waals surface area contributed by atoms with Gasteiger partial charge in [0.15, 0.2) is 0 Å². The summed E-state index contributed by atoms with van der Waals surface area (Å²) in [6.45, 7) is 4.21. The molecule has 84 valence electrons. The molecule has 0 amide bonds. The maximum atomic E-state index is 11.9. The second-order valence-electron chi connectivity index (χ2n) is 3.46. The Hall–Kier alpha value is -2.11. The number of carboxylic acid groups (broad SMARTS) is 1. The van der Waals surface area contributed by atoms with Gasteiger partial charge in [-0.3, -0.25) is 4.79 Å². The van der Waals surface area contributed by atoms with Crippen molar-refractivity contribution in [1.29, 1.82) is 0 Å². The first-order chi connectivity index (χ1) is 7.56. The molecule has 0 atom stereocenters. The minimum Gasteiger partial charge on any atom is -0.477 e. The third kappa shape index (κ3) is 1.30. The van der Waals surface area contributed by atoms with Crippen molar-refractivity contribution in [2.45, 2.75) is 20.4 Å². The molecule has 0 spiro atoms. The van der Waals surface area contributed by atoms with Crippen LogP contribution < -0.4 is 5.43 Å². The number of hydrogen-bond donors (Lipinski definition) is 2. The smallest absolute Gasteiger partial charge is 0.341 e. The van der Waals surface area contributed by atoms with E-state index < -0.39 is 11.4 Å². The van der Waals surface area contributed by atoms with Gasteiger partial charge < -0.3 is 10.1 Å². The van der Waals surface area contributed by atoms with Crippen LogP contribution in [0.5, 0.6) is 0 Å². The first-order valence-corrected chi connectivity index (χ1v) is 4.88. The number of H-pyrrole nitrogens is 1. The number of fused-ring (bicyclic) bond motifs is 1. The Balaban J connectivity index is 2.90. The molecule has 0 aliphatic rings. The van der Waals surface area contributed by atoms with Crippen molar-refractivity contribution in [2.75, 3.05) is 0 Å². The lowest BCUT2D eigenvalue weighted by Crippen LogP contribution is -2.15. The average Bonchev–Trinajstić information content (AvgIpc) is 2.56. The lowest BCUT2D eigenvalue weighted by molar-refractivity contribution is 0.0695. The van der Waals surface area contributed by atoms with Crippen LogP contribution in [-0.2, 0) is 6.54 Å². The Morgan fingerprint density at radius 2 is 2.31 bits per heavy atom. The third-order valence-corrected chi connectivity index (χ3v) is 2.48. The highest BCUT2D eigenvalue weighted by molar-refractivity contribution is 5.92. The highest BCUT2D eigenvalue weighted by Crippen LogP contribution is 2.12. The zero-order valence-electron chi connectivity index (χ0n) is 8.94. The lowest BCUT2D eigenvalue weighted by Gasteiger charge is -1.98. The van der Waals surface area contributed by atoms with Crippen LogP contribution in [0, 0.1) is 6.92 Å². The van der Waals surface area contributed by atoms with Crippen molar-refractivity contribution in [2.24, 2.45) is 0 Å². The summed E-state index contributed by atoms with van der Waals surface area (Å²) in [4.78, 5) is 25.5. The van der Waals surface area contributed by atoms with E-state index in [1.165, 1.54) is 6.20 Å². The molecule has 6 heteroatoms. The van der Waals surface area contributed by atoms with Crippen LogP contribution in [0.2, 0.25) is 0 Å². The number of aromatic carboxylic acids is 1. The standard InChI is InChI=1S/C10H11N3O3/c1-3-13-9-7(5(2)12-13)8(14)6(4-11-9)10(15)16/h4H,3H2,1-2H3,(H,11,14)(H,15,16). The monoisotopic (exact) mass is 221 g/mol. The van der Waals surface area contributed by atoms with Gasteiger partial charge in [-0.15, -0.1) is 0 Å². The van der Waals surface area contributed by atoms with Crippen LogP contribution in [0.1, 0.15) is 23.0 Å². The fourth-order valence-corrected chi connectivity index (χ4v) is 1.73. The molecule has 0 aliphatic carbocycles.